The molecule has 1 aromatic heterocycles. The highest BCUT2D eigenvalue weighted by Crippen LogP contribution is 2.64. The van der Waals surface area contributed by atoms with Gasteiger partial charge in [-0.25, -0.2) is 0 Å². The fraction of sp³-hybridized carbons (Fsp3) is 0.364. The van der Waals surface area contributed by atoms with E-state index in [1.165, 1.54) is 23.5 Å². The van der Waals surface area contributed by atoms with Gasteiger partial charge in [0.05, 0.1) is 18.9 Å². The molecule has 0 fully saturated rings. The highest BCUT2D eigenvalue weighted by molar-refractivity contribution is 7.54. The van der Waals surface area contributed by atoms with Crippen molar-refractivity contribution in [3.63, 3.8) is 0 Å². The third-order valence-electron chi connectivity index (χ3n) is 4.77. The minimum absolute atomic E-state index is 0.218. The molecule has 168 valence electrons. The molecule has 0 aliphatic heterocycles. The molecule has 4 nitrogen and oxygen atoms in total. The SMILES string of the molecule is CCOP(=O)(OCC)C(Cc1ccc(OC(F)(F)F)cc1)c1sc2ccccc2c1C. The van der Waals surface area contributed by atoms with Crippen molar-refractivity contribution in [1.29, 1.82) is 0 Å². The third-order valence-corrected chi connectivity index (χ3v) is 8.77. The molecule has 0 radical (unpaired) electrons. The molecular formula is C22H24F3O4PS. The summed E-state index contributed by atoms with van der Waals surface area (Å²) in [5.74, 6) is -0.302. The molecule has 0 spiro atoms. The highest BCUT2D eigenvalue weighted by atomic mass is 32.1. The van der Waals surface area contributed by atoms with E-state index in [1.54, 1.807) is 26.0 Å². The average molecular weight is 472 g/mol. The Hall–Kier alpha value is -1.86. The summed E-state index contributed by atoms with van der Waals surface area (Å²) in [6, 6.07) is 13.5. The maximum absolute atomic E-state index is 13.8. The number of ether oxygens (including phenoxy) is 1. The van der Waals surface area contributed by atoms with Crippen molar-refractivity contribution in [2.24, 2.45) is 0 Å². The maximum Gasteiger partial charge on any atom is 0.573 e. The number of thiophene rings is 1. The molecular weight excluding hydrogens is 448 g/mol. The molecule has 1 heterocycles. The Bertz CT molecular complexity index is 1050. The summed E-state index contributed by atoms with van der Waals surface area (Å²) in [5, 5.41) is 1.07. The van der Waals surface area contributed by atoms with E-state index in [2.05, 4.69) is 4.74 Å². The quantitative estimate of drug-likeness (QED) is 0.300. The molecule has 3 aromatic rings. The standard InChI is InChI=1S/C22H24F3O4PS/c1-4-27-30(26,28-5-2)19(21-15(3)18-8-6-7-9-20(18)31-21)14-16-10-12-17(13-11-16)29-22(23,24)25/h6-13,19H,4-5,14H2,1-3H3. The zero-order valence-corrected chi connectivity index (χ0v) is 19.2. The maximum atomic E-state index is 13.8. The lowest BCUT2D eigenvalue weighted by Gasteiger charge is -2.26. The van der Waals surface area contributed by atoms with Crippen LogP contribution in [0.2, 0.25) is 0 Å². The molecule has 0 amide bonds. The topological polar surface area (TPSA) is 44.8 Å². The van der Waals surface area contributed by atoms with E-state index in [1.807, 2.05) is 31.2 Å². The van der Waals surface area contributed by atoms with Gasteiger partial charge in [0.15, 0.2) is 0 Å². The minimum atomic E-state index is -4.75. The van der Waals surface area contributed by atoms with Gasteiger partial charge < -0.3 is 13.8 Å². The summed E-state index contributed by atoms with van der Waals surface area (Å²) >= 11 is 1.54. The van der Waals surface area contributed by atoms with Crippen LogP contribution in [0, 0.1) is 6.92 Å². The van der Waals surface area contributed by atoms with Gasteiger partial charge in [-0.05, 0) is 61.9 Å². The number of hydrogen-bond donors (Lipinski definition) is 0. The lowest BCUT2D eigenvalue weighted by atomic mass is 10.1. The molecule has 0 saturated carbocycles. The minimum Gasteiger partial charge on any atom is -0.406 e. The molecule has 3 rings (SSSR count). The van der Waals surface area contributed by atoms with Crippen LogP contribution in [0.1, 0.15) is 35.5 Å². The van der Waals surface area contributed by atoms with Gasteiger partial charge in [0.2, 0.25) is 0 Å². The van der Waals surface area contributed by atoms with Gasteiger partial charge in [0, 0.05) is 9.58 Å². The summed E-state index contributed by atoms with van der Waals surface area (Å²) in [4.78, 5) is 0.891. The third kappa shape index (κ3) is 5.69. The molecule has 1 atom stereocenters. The van der Waals surface area contributed by atoms with Crippen LogP contribution in [0.15, 0.2) is 48.5 Å². The van der Waals surface area contributed by atoms with Crippen LogP contribution in [-0.2, 0) is 20.0 Å². The number of benzene rings is 2. The first-order valence-corrected chi connectivity index (χ1v) is 12.3. The van der Waals surface area contributed by atoms with E-state index < -0.39 is 19.6 Å². The Morgan fingerprint density at radius 3 is 2.16 bits per heavy atom. The van der Waals surface area contributed by atoms with Crippen molar-refractivity contribution in [2.75, 3.05) is 13.2 Å². The predicted octanol–water partition coefficient (Wildman–Crippen LogP) is 7.66. The Morgan fingerprint density at radius 1 is 1.00 bits per heavy atom. The van der Waals surface area contributed by atoms with Gasteiger partial charge >= 0.3 is 14.0 Å². The van der Waals surface area contributed by atoms with Crippen LogP contribution in [-0.4, -0.2) is 19.6 Å². The molecule has 0 saturated heterocycles. The summed E-state index contributed by atoms with van der Waals surface area (Å²) in [5.41, 5.74) is 1.12. The lowest BCUT2D eigenvalue weighted by Crippen LogP contribution is -2.17. The van der Waals surface area contributed by atoms with Crippen LogP contribution >= 0.6 is 18.9 Å². The lowest BCUT2D eigenvalue weighted by molar-refractivity contribution is -0.274. The van der Waals surface area contributed by atoms with E-state index in [0.29, 0.717) is 5.56 Å². The largest absolute Gasteiger partial charge is 0.573 e. The Morgan fingerprint density at radius 2 is 1.61 bits per heavy atom. The van der Waals surface area contributed by atoms with Gasteiger partial charge in [0.25, 0.3) is 0 Å². The van der Waals surface area contributed by atoms with Gasteiger partial charge in [-0.15, -0.1) is 24.5 Å². The second-order valence-electron chi connectivity index (χ2n) is 6.87. The highest BCUT2D eigenvalue weighted by Gasteiger charge is 2.39. The number of rotatable bonds is 9. The molecule has 0 aliphatic carbocycles. The number of hydrogen-bond acceptors (Lipinski definition) is 5. The number of alkyl halides is 3. The van der Waals surface area contributed by atoms with E-state index in [-0.39, 0.29) is 25.4 Å². The first-order chi connectivity index (χ1) is 14.7. The van der Waals surface area contributed by atoms with Gasteiger partial charge in [-0.3, -0.25) is 4.57 Å². The number of fused-ring (bicyclic) bond motifs is 1. The Balaban J connectivity index is 2.02. The van der Waals surface area contributed by atoms with Crippen LogP contribution in [0.3, 0.4) is 0 Å². The molecule has 2 aromatic carbocycles. The van der Waals surface area contributed by atoms with Gasteiger partial charge in [-0.1, -0.05) is 30.3 Å². The summed E-state index contributed by atoms with van der Waals surface area (Å²) < 4.78 is 67.5. The van der Waals surface area contributed by atoms with Gasteiger partial charge in [-0.2, -0.15) is 0 Å². The Kier molecular flexibility index (Phi) is 7.47. The first-order valence-electron chi connectivity index (χ1n) is 9.88. The molecule has 0 aliphatic rings. The fourth-order valence-electron chi connectivity index (χ4n) is 3.49. The van der Waals surface area contributed by atoms with Crippen molar-refractivity contribution in [3.05, 3.63) is 64.5 Å². The van der Waals surface area contributed by atoms with Crippen LogP contribution in [0.25, 0.3) is 10.1 Å². The molecule has 1 unspecified atom stereocenters. The van der Waals surface area contributed by atoms with Crippen LogP contribution in [0.5, 0.6) is 5.75 Å². The number of aryl methyl sites for hydroxylation is 1. The predicted molar refractivity (Wildman–Crippen MR) is 117 cm³/mol. The fourth-order valence-corrected chi connectivity index (χ4v) is 7.30. The number of halogens is 3. The van der Waals surface area contributed by atoms with Crippen molar-refractivity contribution in [1.82, 2.24) is 0 Å². The molecule has 31 heavy (non-hydrogen) atoms. The smallest absolute Gasteiger partial charge is 0.406 e. The van der Waals surface area contributed by atoms with Crippen LogP contribution < -0.4 is 4.74 Å². The normalized spacial score (nSPS) is 13.5. The van der Waals surface area contributed by atoms with Gasteiger partial charge in [0.1, 0.15) is 5.75 Å². The Labute approximate surface area is 183 Å². The van der Waals surface area contributed by atoms with Crippen molar-refractivity contribution >= 4 is 29.0 Å². The van der Waals surface area contributed by atoms with Crippen molar-refractivity contribution in [3.8, 4) is 5.75 Å². The second-order valence-corrected chi connectivity index (χ2v) is 10.2. The second kappa shape index (κ2) is 9.74. The van der Waals surface area contributed by atoms with Crippen molar-refractivity contribution in [2.45, 2.75) is 39.2 Å². The van der Waals surface area contributed by atoms with Crippen LogP contribution in [0.4, 0.5) is 13.2 Å². The summed E-state index contributed by atoms with van der Waals surface area (Å²) in [7, 11) is -3.55. The molecule has 0 N–H and O–H groups in total. The van der Waals surface area contributed by atoms with Crippen molar-refractivity contribution < 1.29 is 31.5 Å². The van der Waals surface area contributed by atoms with E-state index in [4.69, 9.17) is 9.05 Å². The van der Waals surface area contributed by atoms with E-state index in [0.717, 1.165) is 20.5 Å². The van der Waals surface area contributed by atoms with E-state index in [9.17, 15) is 17.7 Å². The first kappa shape index (κ1) is 23.8. The monoisotopic (exact) mass is 472 g/mol. The zero-order valence-electron chi connectivity index (χ0n) is 17.4. The molecule has 0 bridgehead atoms. The molecule has 9 heteroatoms. The summed E-state index contributed by atoms with van der Waals surface area (Å²) in [6.45, 7) is 5.92. The van der Waals surface area contributed by atoms with E-state index >= 15 is 0 Å². The average Bonchev–Trinajstić information content (AvgIpc) is 3.03. The zero-order chi connectivity index (χ0) is 22.6. The summed E-state index contributed by atoms with van der Waals surface area (Å²) in [6.07, 6.45) is -4.46.